The molecule has 0 spiro atoms. The fraction of sp³-hybridized carbons (Fsp3) is 0.426. The molecule has 21 N–H and O–H groups in total. The smallest absolute Gasteiger partial charge is 0.330 e. The molecular weight excluding hydrogens is 1430 g/mol. The third kappa shape index (κ3) is 17.6. The van der Waals surface area contributed by atoms with Gasteiger partial charge in [0.15, 0.2) is 29.9 Å². The molecular formula is C68H78Cl2N10O25. The van der Waals surface area contributed by atoms with Gasteiger partial charge in [0.25, 0.3) is 0 Å². The minimum atomic E-state index is -2.35. The van der Waals surface area contributed by atoms with Gasteiger partial charge >= 0.3 is 5.97 Å². The minimum absolute atomic E-state index is 0.0975. The summed E-state index contributed by atoms with van der Waals surface area (Å²) in [4.78, 5) is 129. The molecule has 0 radical (unpaired) electrons. The maximum atomic E-state index is 16.0. The number of ether oxygens (including phenoxy) is 6. The van der Waals surface area contributed by atoms with E-state index < -0.39 is 237 Å². The summed E-state index contributed by atoms with van der Waals surface area (Å²) in [6.45, 7) is 5.66. The Hall–Kier alpha value is -9.82. The highest BCUT2D eigenvalue weighted by molar-refractivity contribution is 6.32. The van der Waals surface area contributed by atoms with Crippen LogP contribution in [0.5, 0.6) is 46.0 Å². The summed E-state index contributed by atoms with van der Waals surface area (Å²) in [5.74, 6) is -16.0. The molecule has 0 aromatic heterocycles. The van der Waals surface area contributed by atoms with Crippen LogP contribution in [0.3, 0.4) is 0 Å². The van der Waals surface area contributed by atoms with Gasteiger partial charge < -0.3 is 128 Å². The highest BCUT2D eigenvalue weighted by Gasteiger charge is 2.51. The molecule has 12 rings (SSSR count). The quantitative estimate of drug-likeness (QED) is 0.0547. The summed E-state index contributed by atoms with van der Waals surface area (Å²) >= 11 is 14.1. The first-order valence-electron chi connectivity index (χ1n) is 32.5. The lowest BCUT2D eigenvalue weighted by atomic mass is 9.86. The van der Waals surface area contributed by atoms with Crippen molar-refractivity contribution in [2.45, 2.75) is 156 Å². The van der Waals surface area contributed by atoms with Crippen molar-refractivity contribution in [2.75, 3.05) is 20.7 Å². The maximum absolute atomic E-state index is 16.0. The zero-order chi connectivity index (χ0) is 77.0. The average molecular weight is 1510 g/mol. The summed E-state index contributed by atoms with van der Waals surface area (Å²) < 4.78 is 38.3. The van der Waals surface area contributed by atoms with Crippen LogP contribution in [-0.2, 0) is 57.4 Å². The lowest BCUT2D eigenvalue weighted by molar-refractivity contribution is -0.333. The number of rotatable bonds is 13. The number of halogens is 2. The van der Waals surface area contributed by atoms with E-state index in [4.69, 9.17) is 67.9 Å². The van der Waals surface area contributed by atoms with E-state index in [-0.39, 0.29) is 46.2 Å². The molecule has 37 heteroatoms. The van der Waals surface area contributed by atoms with Gasteiger partial charge in [0.2, 0.25) is 59.5 Å². The zero-order valence-corrected chi connectivity index (χ0v) is 58.2. The SMILES string of the molecule is CN=C=O.CN[C@H](CC(C)C)C(=O)N[C@H]1C(=O)N[C@@H](CC(N)=O)C(=O)N[C@H]2C(=O)N[C@H]3C(=O)N[C@H](C(=O)N[C@@H](C(=O)O)c4cc(O)cc(O)c4-c4cc3ccc4O)[C@H](O)c3ccc(c(Cl)c3)Oc3cc2cc(c3O[C@@H]2O[C@H](CO)[C@@H](O)[C@H](O)[C@H]2O[C@H]2C[C@](C)(N)C(O)[C@H](C)O2)Oc2ccc(cc2Cl)[C@H]1O. The molecule has 7 aliphatic rings. The first kappa shape index (κ1) is 79.3. The number of phenolic OH excluding ortho intramolecular Hbond substituents is 3. The number of aliphatic carboxylic acids is 1. The Balaban J connectivity index is 0.00000311. The van der Waals surface area contributed by atoms with Crippen LogP contribution in [0.2, 0.25) is 10.0 Å². The van der Waals surface area contributed by atoms with E-state index in [2.05, 4.69) is 42.2 Å². The Kier molecular flexibility index (Phi) is 25.0. The lowest BCUT2D eigenvalue weighted by Gasteiger charge is -2.47. The van der Waals surface area contributed by atoms with Gasteiger partial charge in [-0.1, -0.05) is 55.2 Å². The van der Waals surface area contributed by atoms with Crippen LogP contribution < -0.4 is 62.9 Å². The van der Waals surface area contributed by atoms with Crippen LogP contribution in [0, 0.1) is 5.92 Å². The van der Waals surface area contributed by atoms with Crippen molar-refractivity contribution in [1.29, 1.82) is 0 Å². The molecule has 0 aliphatic carbocycles. The second-order valence-electron chi connectivity index (χ2n) is 26.0. The lowest BCUT2D eigenvalue weighted by Crippen LogP contribution is -2.64. The van der Waals surface area contributed by atoms with Gasteiger partial charge in [0.05, 0.1) is 41.3 Å². The van der Waals surface area contributed by atoms with Gasteiger partial charge in [-0.25, -0.2) is 14.6 Å². The molecule has 0 saturated carbocycles. The highest BCUT2D eigenvalue weighted by Crippen LogP contribution is 2.50. The van der Waals surface area contributed by atoms with Crippen molar-refractivity contribution in [2.24, 2.45) is 22.4 Å². The summed E-state index contributed by atoms with van der Waals surface area (Å²) in [5.41, 5.74) is 8.00. The van der Waals surface area contributed by atoms with Gasteiger partial charge in [-0.2, -0.15) is 0 Å². The molecule has 5 aromatic rings. The number of carboxylic acid groups (broad SMARTS) is 1. The number of nitrogens with zero attached hydrogens (tertiary/aromatic N) is 1. The van der Waals surface area contributed by atoms with Gasteiger partial charge in [-0.05, 0) is 110 Å². The van der Waals surface area contributed by atoms with Crippen molar-refractivity contribution >= 4 is 76.6 Å². The number of benzene rings is 5. The van der Waals surface area contributed by atoms with Crippen LogP contribution >= 0.6 is 23.2 Å². The highest BCUT2D eigenvalue weighted by atomic mass is 35.5. The van der Waals surface area contributed by atoms with Crippen molar-refractivity contribution < 1.29 is 123 Å². The predicted octanol–water partition coefficient (Wildman–Crippen LogP) is 0.0582. The van der Waals surface area contributed by atoms with Crippen molar-refractivity contribution in [3.63, 3.8) is 0 Å². The summed E-state index contributed by atoms with van der Waals surface area (Å²) in [6, 6.07) is -0.679. The number of aliphatic hydroxyl groups is 6. The van der Waals surface area contributed by atoms with Crippen molar-refractivity contribution in [1.82, 2.24) is 37.2 Å². The summed E-state index contributed by atoms with van der Waals surface area (Å²) in [7, 11) is 2.85. The molecule has 2 fully saturated rings. The minimum Gasteiger partial charge on any atom is -0.508 e. The van der Waals surface area contributed by atoms with E-state index >= 15 is 14.4 Å². The number of aliphatic hydroxyl groups excluding tert-OH is 6. The second-order valence-corrected chi connectivity index (χ2v) is 26.8. The number of carboxylic acids is 1. The van der Waals surface area contributed by atoms with Crippen molar-refractivity contribution in [3.05, 3.63) is 117 Å². The Morgan fingerprint density at radius 1 is 0.743 bits per heavy atom. The topological polar surface area (TPSA) is 560 Å². The van der Waals surface area contributed by atoms with Gasteiger partial charge in [-0.15, -0.1) is 0 Å². The van der Waals surface area contributed by atoms with E-state index in [9.17, 15) is 75.0 Å². The third-order valence-electron chi connectivity index (χ3n) is 17.9. The Morgan fingerprint density at radius 2 is 1.33 bits per heavy atom. The number of carbonyl (C=O) groups is 8. The number of primary amides is 1. The largest absolute Gasteiger partial charge is 0.508 e. The summed E-state index contributed by atoms with van der Waals surface area (Å²) in [5, 5.41) is 131. The number of likely N-dealkylation sites (N-methyl/N-ethyl adjacent to an activating group) is 1. The Bertz CT molecular complexity index is 4220. The first-order chi connectivity index (χ1) is 49.6. The molecule has 5 aromatic carbocycles. The number of fused-ring (bicyclic) bond motifs is 15. The van der Waals surface area contributed by atoms with Crippen LogP contribution in [0.4, 0.5) is 0 Å². The molecule has 11 bridgehead atoms. The number of nitrogens with one attached hydrogen (secondary N) is 7. The number of nitrogens with two attached hydrogens (primary N) is 2. The maximum Gasteiger partial charge on any atom is 0.330 e. The monoisotopic (exact) mass is 1500 g/mol. The first-order valence-corrected chi connectivity index (χ1v) is 33.3. The fourth-order valence-electron chi connectivity index (χ4n) is 12.5. The molecule has 2 saturated heterocycles. The summed E-state index contributed by atoms with van der Waals surface area (Å²) in [6.07, 6.45) is -17.2. The third-order valence-corrected chi connectivity index (χ3v) is 18.5. The normalized spacial score (nSPS) is 28.5. The fourth-order valence-corrected chi connectivity index (χ4v) is 12.9. The van der Waals surface area contributed by atoms with Crippen LogP contribution in [0.1, 0.15) is 105 Å². The number of phenols is 3. The van der Waals surface area contributed by atoms with E-state index in [1.807, 2.05) is 13.8 Å². The number of amides is 7. The molecule has 105 heavy (non-hydrogen) atoms. The van der Waals surface area contributed by atoms with E-state index in [1.54, 1.807) is 0 Å². The molecule has 7 aliphatic heterocycles. The van der Waals surface area contributed by atoms with E-state index in [0.717, 1.165) is 66.7 Å². The predicted molar refractivity (Wildman–Crippen MR) is 363 cm³/mol. The number of hydrogen-bond donors (Lipinski definition) is 19. The van der Waals surface area contributed by atoms with Gasteiger partial charge in [-0.3, -0.25) is 33.6 Å². The number of carbonyl (C=O) groups excluding carboxylic acids is 8. The molecule has 7 amide bonds. The van der Waals surface area contributed by atoms with Gasteiger partial charge in [0.1, 0.15) is 89.5 Å². The van der Waals surface area contributed by atoms with Gasteiger partial charge in [0, 0.05) is 41.8 Å². The van der Waals surface area contributed by atoms with Crippen molar-refractivity contribution in [3.8, 4) is 57.1 Å². The number of isocyanates is 1. The van der Waals surface area contributed by atoms with Crippen LogP contribution in [0.25, 0.3) is 11.1 Å². The van der Waals surface area contributed by atoms with Crippen LogP contribution in [0.15, 0.2) is 83.9 Å². The van der Waals surface area contributed by atoms with E-state index in [0.29, 0.717) is 0 Å². The number of hydrogen-bond acceptors (Lipinski definition) is 27. The standard InChI is InChI=1S/C66H75Cl2N9O24.C2H3NO/c1-23(2)12-34(71-5)58(88)76-49-51(83)26-7-10-38(32(67)14-26)97-40-16-28-17-41(55(40)101-65-56(54(86)53(85)42(22-78)99-65)100-44-21-66(4,70)57(87)24(3)96-44)98-39-11-8-27(15-33(39)68)52(84)50-63(93)75-48(64(94)95)31-18-29(79)19-37(81)45(31)30-13-25(6-9-36(30)80)46(60(90)77-50)74-61(91)47(28)73-59(89)35(20-43(69)82)72-62(49)92;1-3-2-4/h6-11,13-19,23-24,34-35,42,44,46-54,56-57,65,71,78-81,83-87H,12,20-22,70H2,1-5H3,(H2,69,82)(H,72,92)(H,73,89)(H,74,91)(H,75,93)(H,76,88)(H,77,90)(H,94,95);1H3/t24-,34+,35-,42+,44-,46+,47+,48+,49+,50-,51+,52+,53+,54-,56+,57?,65-,66-;/m0./s1. The molecule has 35 nitrogen and oxygen atoms in total. The molecule has 1 unspecified atom stereocenters. The zero-order valence-electron chi connectivity index (χ0n) is 56.7. The van der Waals surface area contributed by atoms with E-state index in [1.165, 1.54) is 46.2 Å². The average Bonchev–Trinajstić information content (AvgIpc) is 0.765. The number of aliphatic imine (C=N–C) groups is 1. The molecule has 18 atom stereocenters. The van der Waals surface area contributed by atoms with Crippen LogP contribution in [-0.4, -0.2) is 204 Å². The molecule has 7 heterocycles. The Labute approximate surface area is 607 Å². The Morgan fingerprint density at radius 3 is 1.90 bits per heavy atom. The number of aromatic hydroxyl groups is 3. The second kappa shape index (κ2) is 33.1. The molecule has 564 valence electrons.